The Balaban J connectivity index is 0.939. The Morgan fingerprint density at radius 3 is 2.04 bits per heavy atom. The van der Waals surface area contributed by atoms with Crippen molar-refractivity contribution in [3.05, 3.63) is 117 Å². The van der Waals surface area contributed by atoms with Crippen LogP contribution in [-0.2, 0) is 0 Å². The first-order valence-corrected chi connectivity index (χ1v) is 25.4. The van der Waals surface area contributed by atoms with Gasteiger partial charge in [0.15, 0.2) is 8.07 Å². The molecular weight excluding hydrogens is 667 g/mol. The highest BCUT2D eigenvalue weighted by molar-refractivity contribution is 7.04. The fourth-order valence-electron chi connectivity index (χ4n) is 13.5. The van der Waals surface area contributed by atoms with Crippen molar-refractivity contribution in [2.24, 2.45) is 29.6 Å². The third-order valence-electron chi connectivity index (χ3n) is 16.1. The fraction of sp³-hybridized carbons (Fsp3) is 0.615. The Labute approximate surface area is 331 Å². The molecular formula is C52H71NSi. The van der Waals surface area contributed by atoms with E-state index in [1.54, 1.807) is 16.5 Å². The van der Waals surface area contributed by atoms with Crippen LogP contribution in [-0.4, -0.2) is 25.1 Å². The molecule has 288 valence electrons. The maximum atomic E-state index is 3.12. The zero-order valence-electron chi connectivity index (χ0n) is 33.7. The van der Waals surface area contributed by atoms with Gasteiger partial charge in [0.2, 0.25) is 0 Å². The summed E-state index contributed by atoms with van der Waals surface area (Å²) in [6, 6.07) is 1.49. The van der Waals surface area contributed by atoms with E-state index in [0.717, 1.165) is 35.8 Å². The minimum absolute atomic E-state index is 0.617. The van der Waals surface area contributed by atoms with Gasteiger partial charge in [0, 0.05) is 23.7 Å². The molecule has 0 N–H and O–H groups in total. The van der Waals surface area contributed by atoms with Crippen molar-refractivity contribution in [2.75, 3.05) is 0 Å². The van der Waals surface area contributed by atoms with Crippen LogP contribution in [0.1, 0.15) is 161 Å². The van der Waals surface area contributed by atoms with Gasteiger partial charge in [-0.3, -0.25) is 0 Å². The van der Waals surface area contributed by atoms with E-state index in [4.69, 9.17) is 0 Å². The van der Waals surface area contributed by atoms with Gasteiger partial charge in [-0.05, 0) is 184 Å². The molecule has 1 nitrogen and oxygen atoms in total. The van der Waals surface area contributed by atoms with Gasteiger partial charge in [-0.25, -0.2) is 0 Å². The van der Waals surface area contributed by atoms with E-state index in [9.17, 15) is 0 Å². The zero-order valence-corrected chi connectivity index (χ0v) is 34.7. The van der Waals surface area contributed by atoms with Crippen molar-refractivity contribution >= 4 is 8.07 Å². The lowest BCUT2D eigenvalue weighted by atomic mass is 9.69. The van der Waals surface area contributed by atoms with E-state index in [0.29, 0.717) is 5.92 Å². The number of rotatable bonds is 9. The highest BCUT2D eigenvalue weighted by Crippen LogP contribution is 2.51. The summed E-state index contributed by atoms with van der Waals surface area (Å²) in [5.41, 5.74) is 3.36. The normalized spacial score (nSPS) is 34.5. The molecule has 2 fully saturated rings. The number of hydrogen-bond acceptors (Lipinski definition) is 1. The predicted molar refractivity (Wildman–Crippen MR) is 233 cm³/mol. The first kappa shape index (κ1) is 37.0. The Kier molecular flexibility index (Phi) is 11.8. The minimum atomic E-state index is -2.04. The molecule has 0 bridgehead atoms. The van der Waals surface area contributed by atoms with Gasteiger partial charge in [0.25, 0.3) is 0 Å². The van der Waals surface area contributed by atoms with Crippen LogP contribution in [0.3, 0.4) is 0 Å². The summed E-state index contributed by atoms with van der Waals surface area (Å²) in [6.07, 6.45) is 69.9. The molecule has 0 amide bonds. The van der Waals surface area contributed by atoms with E-state index in [1.807, 2.05) is 15.6 Å². The third-order valence-corrected chi connectivity index (χ3v) is 21.6. The average molecular weight is 738 g/mol. The lowest BCUT2D eigenvalue weighted by molar-refractivity contribution is 0.0385. The monoisotopic (exact) mass is 738 g/mol. The molecule has 0 aliphatic heterocycles. The van der Waals surface area contributed by atoms with Crippen molar-refractivity contribution in [1.29, 1.82) is 0 Å². The standard InChI is InChI=1S/C52H71NSi/c1-5-16-40(17-6-1)41-28-34-45(35-29-41)53(52-27-15-19-44-18-13-14-26-51(44)52)46-36-30-42(31-37-46)43-32-38-50(39-33-43)54(47-20-7-2-8-21-47,48-22-9-3-10-23-48)49-24-11-4-12-25-49/h1,5-7,13,16,18,20-22,24,28,34,38,40,42-44,46,51-52H,2-4,8-12,14-15,17,19,23,25-27,29-33,35-37,39H2. The highest BCUT2D eigenvalue weighted by Gasteiger charge is 2.48. The van der Waals surface area contributed by atoms with Crippen LogP contribution in [0.2, 0.25) is 0 Å². The summed E-state index contributed by atoms with van der Waals surface area (Å²) in [5, 5.41) is 7.54. The lowest BCUT2D eigenvalue weighted by Gasteiger charge is -2.52. The second kappa shape index (κ2) is 17.3. The summed E-state index contributed by atoms with van der Waals surface area (Å²) >= 11 is 0. The lowest BCUT2D eigenvalue weighted by Crippen LogP contribution is -2.51. The van der Waals surface area contributed by atoms with Gasteiger partial charge < -0.3 is 4.90 Å². The third kappa shape index (κ3) is 7.48. The van der Waals surface area contributed by atoms with Crippen molar-refractivity contribution in [2.45, 2.75) is 173 Å². The van der Waals surface area contributed by atoms with Gasteiger partial charge in [0.05, 0.1) is 0 Å². The van der Waals surface area contributed by atoms with E-state index in [2.05, 4.69) is 90.0 Å². The largest absolute Gasteiger partial charge is 0.369 e. The second-order valence-electron chi connectivity index (χ2n) is 19.0. The fourth-order valence-corrected chi connectivity index (χ4v) is 19.6. The Morgan fingerprint density at radius 2 is 1.37 bits per heavy atom. The molecule has 0 saturated heterocycles. The van der Waals surface area contributed by atoms with E-state index in [-0.39, 0.29) is 0 Å². The van der Waals surface area contributed by atoms with Gasteiger partial charge in [-0.15, -0.1) is 0 Å². The van der Waals surface area contributed by atoms with Crippen LogP contribution in [0.5, 0.6) is 0 Å². The molecule has 0 heterocycles. The van der Waals surface area contributed by atoms with Crippen LogP contribution < -0.4 is 0 Å². The van der Waals surface area contributed by atoms with Crippen LogP contribution in [0, 0.1) is 29.6 Å². The summed E-state index contributed by atoms with van der Waals surface area (Å²) in [6.45, 7) is 0. The highest BCUT2D eigenvalue weighted by atomic mass is 28.3. The molecule has 54 heavy (non-hydrogen) atoms. The van der Waals surface area contributed by atoms with Crippen LogP contribution >= 0.6 is 0 Å². The maximum Gasteiger partial charge on any atom is 0.166 e. The second-order valence-corrected chi connectivity index (χ2v) is 23.0. The number of fused-ring (bicyclic) bond motifs is 1. The Bertz CT molecular complexity index is 1630. The summed E-state index contributed by atoms with van der Waals surface area (Å²) < 4.78 is 0. The number of nitrogens with zero attached hydrogens (tertiary/aromatic N) is 1. The Hall–Kier alpha value is -2.58. The molecule has 0 radical (unpaired) electrons. The Morgan fingerprint density at radius 1 is 0.537 bits per heavy atom. The molecule has 5 unspecified atom stereocenters. The van der Waals surface area contributed by atoms with Crippen molar-refractivity contribution in [3.8, 4) is 0 Å². The molecule has 5 atom stereocenters. The van der Waals surface area contributed by atoms with Crippen molar-refractivity contribution < 1.29 is 0 Å². The SMILES string of the molecule is C1=CCC(C2=CC=C(N(C3CCC(C4CC=C([Si](C5=CCCC=C5)(C5=CCCCC5)C5=CCCCC5)CC4)CC3)C3CCCC4C=CCCC43)CC2)C=C1. The molecule has 2 saturated carbocycles. The maximum absolute atomic E-state index is 3.12. The first-order chi connectivity index (χ1) is 26.8. The van der Waals surface area contributed by atoms with Gasteiger partial charge in [0.1, 0.15) is 0 Å². The van der Waals surface area contributed by atoms with Gasteiger partial charge >= 0.3 is 0 Å². The smallest absolute Gasteiger partial charge is 0.166 e. The van der Waals surface area contributed by atoms with Gasteiger partial charge in [-0.1, -0.05) is 112 Å². The van der Waals surface area contributed by atoms with Crippen molar-refractivity contribution in [1.82, 2.24) is 4.90 Å². The molecule has 9 aliphatic rings. The summed E-state index contributed by atoms with van der Waals surface area (Å²) in [4.78, 5) is 3.12. The molecule has 9 rings (SSSR count). The van der Waals surface area contributed by atoms with Crippen LogP contribution in [0.4, 0.5) is 0 Å². The molecule has 2 heteroatoms. The van der Waals surface area contributed by atoms with E-state index in [1.165, 1.54) is 161 Å². The number of allylic oxidation sites excluding steroid dienone is 20. The number of hydrogen-bond donors (Lipinski definition) is 0. The van der Waals surface area contributed by atoms with Crippen molar-refractivity contribution in [3.63, 3.8) is 0 Å². The topological polar surface area (TPSA) is 3.24 Å². The van der Waals surface area contributed by atoms with Gasteiger partial charge in [-0.2, -0.15) is 0 Å². The molecule has 0 spiro atoms. The predicted octanol–water partition coefficient (Wildman–Crippen LogP) is 14.3. The van der Waals surface area contributed by atoms with E-state index < -0.39 is 8.07 Å². The molecule has 0 aromatic rings. The first-order valence-electron chi connectivity index (χ1n) is 23.4. The summed E-state index contributed by atoms with van der Waals surface area (Å²) in [5.74, 6) is 4.11. The minimum Gasteiger partial charge on any atom is -0.369 e. The molecule has 9 aliphatic carbocycles. The average Bonchev–Trinajstić information content (AvgIpc) is 3.26. The quantitative estimate of drug-likeness (QED) is 0.168. The molecule has 0 aromatic carbocycles. The van der Waals surface area contributed by atoms with Crippen LogP contribution in [0.15, 0.2) is 117 Å². The zero-order chi connectivity index (χ0) is 36.2. The van der Waals surface area contributed by atoms with Crippen LogP contribution in [0.25, 0.3) is 0 Å². The van der Waals surface area contributed by atoms with E-state index >= 15 is 0 Å². The molecule has 0 aromatic heterocycles. The summed E-state index contributed by atoms with van der Waals surface area (Å²) in [7, 11) is -2.04.